The van der Waals surface area contributed by atoms with Crippen molar-refractivity contribution >= 4 is 28.3 Å². The van der Waals surface area contributed by atoms with Crippen LogP contribution >= 0.6 is 0 Å². The predicted molar refractivity (Wildman–Crippen MR) is 126 cm³/mol. The van der Waals surface area contributed by atoms with Crippen molar-refractivity contribution in [3.8, 4) is 17.0 Å². The highest BCUT2D eigenvalue weighted by atomic mass is 16.5. The molecule has 5 rings (SSSR count). The van der Waals surface area contributed by atoms with Crippen molar-refractivity contribution < 1.29 is 9.53 Å². The van der Waals surface area contributed by atoms with Crippen molar-refractivity contribution in [3.63, 3.8) is 0 Å². The van der Waals surface area contributed by atoms with Gasteiger partial charge in [-0.05, 0) is 49.7 Å². The van der Waals surface area contributed by atoms with Crippen LogP contribution in [0.25, 0.3) is 27.8 Å². The number of carbonyl (C=O) groups excluding carboxylic acids is 1. The molecule has 32 heavy (non-hydrogen) atoms. The molecule has 6 heteroatoms. The number of hydrogen-bond donors (Lipinski definition) is 1. The Morgan fingerprint density at radius 3 is 2.56 bits per heavy atom. The second kappa shape index (κ2) is 7.81. The van der Waals surface area contributed by atoms with Gasteiger partial charge in [0.25, 0.3) is 5.91 Å². The second-order valence-electron chi connectivity index (χ2n) is 7.69. The Bertz CT molecular complexity index is 1470. The van der Waals surface area contributed by atoms with Gasteiger partial charge in [-0.15, -0.1) is 0 Å². The van der Waals surface area contributed by atoms with Gasteiger partial charge in [0.1, 0.15) is 22.9 Å². The highest BCUT2D eigenvalue weighted by molar-refractivity contribution is 6.08. The number of aryl methyl sites for hydroxylation is 2. The molecule has 1 N–H and O–H groups in total. The molecular weight excluding hydrogens is 400 g/mol. The van der Waals surface area contributed by atoms with Gasteiger partial charge in [-0.25, -0.2) is 4.98 Å². The SMILES string of the molecule is COc1ccc2nc(C)c(C(=O)Nc3c(-c4ccccc4)nc4c(C)cccn34)cc2c1. The molecule has 0 saturated heterocycles. The van der Waals surface area contributed by atoms with Crippen LogP contribution in [0.1, 0.15) is 21.6 Å². The Morgan fingerprint density at radius 2 is 1.78 bits per heavy atom. The van der Waals surface area contributed by atoms with Gasteiger partial charge in [-0.2, -0.15) is 0 Å². The largest absolute Gasteiger partial charge is 0.497 e. The fourth-order valence-electron chi connectivity index (χ4n) is 3.90. The lowest BCUT2D eigenvalue weighted by Gasteiger charge is -2.11. The molecule has 0 radical (unpaired) electrons. The maximum absolute atomic E-state index is 13.4. The number of ether oxygens (including phenoxy) is 1. The summed E-state index contributed by atoms with van der Waals surface area (Å²) in [6.07, 6.45) is 1.91. The number of methoxy groups -OCH3 is 1. The minimum atomic E-state index is -0.236. The number of carbonyl (C=O) groups is 1. The van der Waals surface area contributed by atoms with E-state index in [1.54, 1.807) is 7.11 Å². The molecule has 0 aliphatic heterocycles. The first-order valence-corrected chi connectivity index (χ1v) is 10.3. The Labute approximate surface area is 185 Å². The van der Waals surface area contributed by atoms with Crippen LogP contribution in [0.3, 0.4) is 0 Å². The number of fused-ring (bicyclic) bond motifs is 2. The molecule has 0 fully saturated rings. The summed E-state index contributed by atoms with van der Waals surface area (Å²) in [7, 11) is 1.62. The van der Waals surface area contributed by atoms with E-state index >= 15 is 0 Å². The van der Waals surface area contributed by atoms with Gasteiger partial charge >= 0.3 is 0 Å². The molecule has 3 heterocycles. The predicted octanol–water partition coefficient (Wildman–Crippen LogP) is 5.43. The summed E-state index contributed by atoms with van der Waals surface area (Å²) in [5.41, 5.74) is 5.47. The average Bonchev–Trinajstić information content (AvgIpc) is 3.18. The quantitative estimate of drug-likeness (QED) is 0.419. The van der Waals surface area contributed by atoms with Gasteiger partial charge in [-0.3, -0.25) is 14.2 Å². The molecule has 0 bridgehead atoms. The Hall–Kier alpha value is -4.19. The summed E-state index contributed by atoms with van der Waals surface area (Å²) in [6, 6.07) is 21.3. The molecule has 0 saturated carbocycles. The van der Waals surface area contributed by atoms with Gasteiger partial charge in [-0.1, -0.05) is 36.4 Å². The molecule has 5 aromatic rings. The first-order valence-electron chi connectivity index (χ1n) is 10.3. The van der Waals surface area contributed by atoms with Gasteiger partial charge in [0, 0.05) is 17.1 Å². The van der Waals surface area contributed by atoms with Crippen LogP contribution in [0.5, 0.6) is 5.75 Å². The Balaban J connectivity index is 1.62. The summed E-state index contributed by atoms with van der Waals surface area (Å²) >= 11 is 0. The van der Waals surface area contributed by atoms with Crippen LogP contribution in [0.15, 0.2) is 72.9 Å². The first kappa shape index (κ1) is 19.8. The first-order chi connectivity index (χ1) is 15.5. The van der Waals surface area contributed by atoms with Crippen LogP contribution in [-0.2, 0) is 0 Å². The lowest BCUT2D eigenvalue weighted by atomic mass is 10.1. The van der Waals surface area contributed by atoms with Gasteiger partial charge < -0.3 is 10.1 Å². The third-order valence-electron chi connectivity index (χ3n) is 5.58. The number of aromatic nitrogens is 3. The Morgan fingerprint density at radius 1 is 0.969 bits per heavy atom. The molecule has 0 spiro atoms. The molecule has 1 amide bonds. The van der Waals surface area contributed by atoms with Crippen LogP contribution in [0, 0.1) is 13.8 Å². The maximum atomic E-state index is 13.4. The fraction of sp³-hybridized carbons (Fsp3) is 0.115. The molecule has 0 unspecified atom stereocenters. The average molecular weight is 422 g/mol. The van der Waals surface area contributed by atoms with Crippen molar-refractivity contribution in [3.05, 3.63) is 89.7 Å². The van der Waals surface area contributed by atoms with Crippen molar-refractivity contribution in [2.24, 2.45) is 0 Å². The Kier molecular flexibility index (Phi) is 4.82. The van der Waals surface area contributed by atoms with Crippen LogP contribution < -0.4 is 10.1 Å². The number of pyridine rings is 2. The zero-order valence-electron chi connectivity index (χ0n) is 18.1. The lowest BCUT2D eigenvalue weighted by molar-refractivity contribution is 0.102. The van der Waals surface area contributed by atoms with E-state index in [0.29, 0.717) is 17.1 Å². The molecular formula is C26H22N4O2. The number of nitrogens with zero attached hydrogens (tertiary/aromatic N) is 3. The monoisotopic (exact) mass is 422 g/mol. The van der Waals surface area contributed by atoms with E-state index in [1.165, 1.54) is 0 Å². The van der Waals surface area contributed by atoms with E-state index in [9.17, 15) is 4.79 Å². The summed E-state index contributed by atoms with van der Waals surface area (Å²) in [6.45, 7) is 3.85. The van der Waals surface area contributed by atoms with Crippen LogP contribution in [-0.4, -0.2) is 27.4 Å². The minimum absolute atomic E-state index is 0.236. The highest BCUT2D eigenvalue weighted by Crippen LogP contribution is 2.30. The fourth-order valence-corrected chi connectivity index (χ4v) is 3.90. The maximum Gasteiger partial charge on any atom is 0.258 e. The highest BCUT2D eigenvalue weighted by Gasteiger charge is 2.20. The van der Waals surface area contributed by atoms with Crippen LogP contribution in [0.2, 0.25) is 0 Å². The van der Waals surface area contributed by atoms with E-state index < -0.39 is 0 Å². The summed E-state index contributed by atoms with van der Waals surface area (Å²) < 4.78 is 7.24. The minimum Gasteiger partial charge on any atom is -0.497 e. The van der Waals surface area contributed by atoms with Crippen molar-refractivity contribution in [1.29, 1.82) is 0 Å². The van der Waals surface area contributed by atoms with E-state index in [-0.39, 0.29) is 5.91 Å². The van der Waals surface area contributed by atoms with Gasteiger partial charge in [0.15, 0.2) is 0 Å². The van der Waals surface area contributed by atoms with E-state index in [4.69, 9.17) is 9.72 Å². The number of imidazole rings is 1. The van der Waals surface area contributed by atoms with Crippen molar-refractivity contribution in [1.82, 2.24) is 14.4 Å². The van der Waals surface area contributed by atoms with Gasteiger partial charge in [0.2, 0.25) is 0 Å². The van der Waals surface area contributed by atoms with Crippen molar-refractivity contribution in [2.75, 3.05) is 12.4 Å². The smallest absolute Gasteiger partial charge is 0.258 e. The molecule has 2 aromatic carbocycles. The summed E-state index contributed by atoms with van der Waals surface area (Å²) in [4.78, 5) is 22.9. The third-order valence-corrected chi connectivity index (χ3v) is 5.58. The van der Waals surface area contributed by atoms with E-state index in [0.717, 1.165) is 39.1 Å². The second-order valence-corrected chi connectivity index (χ2v) is 7.69. The molecule has 6 nitrogen and oxygen atoms in total. The molecule has 3 aromatic heterocycles. The number of rotatable bonds is 4. The normalized spacial score (nSPS) is 11.1. The number of anilines is 1. The van der Waals surface area contributed by atoms with Crippen molar-refractivity contribution in [2.45, 2.75) is 13.8 Å². The molecule has 0 atom stereocenters. The topological polar surface area (TPSA) is 68.5 Å². The van der Waals surface area contributed by atoms with E-state index in [2.05, 4.69) is 10.3 Å². The molecule has 0 aliphatic carbocycles. The van der Waals surface area contributed by atoms with Crippen LogP contribution in [0.4, 0.5) is 5.82 Å². The molecule has 0 aliphatic rings. The zero-order valence-corrected chi connectivity index (χ0v) is 18.1. The molecule has 158 valence electrons. The zero-order chi connectivity index (χ0) is 22.2. The summed E-state index contributed by atoms with van der Waals surface area (Å²) in [5.74, 6) is 1.11. The number of nitrogens with one attached hydrogen (secondary N) is 1. The van der Waals surface area contributed by atoms with E-state index in [1.807, 2.05) is 91.2 Å². The summed E-state index contributed by atoms with van der Waals surface area (Å²) in [5, 5.41) is 3.94. The number of amides is 1. The number of benzene rings is 2. The number of hydrogen-bond acceptors (Lipinski definition) is 4. The third kappa shape index (κ3) is 3.36. The lowest BCUT2D eigenvalue weighted by Crippen LogP contribution is -2.16. The standard InChI is InChI=1S/C26H22N4O2/c1-16-8-7-13-30-24(16)28-23(18-9-5-4-6-10-18)25(30)29-26(31)21-15-19-14-20(32-3)11-12-22(19)27-17(21)2/h4-15H,1-3H3,(H,29,31). The van der Waals surface area contributed by atoms with Gasteiger partial charge in [0.05, 0.1) is 23.9 Å².